The molecular weight excluding hydrogens is 250 g/mol. The monoisotopic (exact) mass is 265 g/mol. The van der Waals surface area contributed by atoms with Crippen LogP contribution >= 0.6 is 0 Å². The van der Waals surface area contributed by atoms with E-state index in [1.807, 2.05) is 12.1 Å². The van der Waals surface area contributed by atoms with Gasteiger partial charge in [0.25, 0.3) is 0 Å². The molecule has 20 heavy (non-hydrogen) atoms. The van der Waals surface area contributed by atoms with Gasteiger partial charge in [0.2, 0.25) is 11.8 Å². The third kappa shape index (κ3) is 2.54. The maximum atomic E-state index is 5.09. The SMILES string of the molecule is COc1ccnc(NCc2cccc3ccccc23)n1. The first-order valence-corrected chi connectivity index (χ1v) is 6.44. The van der Waals surface area contributed by atoms with Crippen molar-refractivity contribution in [1.82, 2.24) is 9.97 Å². The van der Waals surface area contributed by atoms with Gasteiger partial charge in [-0.3, -0.25) is 0 Å². The molecule has 1 N–H and O–H groups in total. The zero-order valence-electron chi connectivity index (χ0n) is 11.2. The van der Waals surface area contributed by atoms with Crippen LogP contribution in [0.1, 0.15) is 5.56 Å². The van der Waals surface area contributed by atoms with Gasteiger partial charge in [-0.15, -0.1) is 0 Å². The molecule has 2 aromatic carbocycles. The number of rotatable bonds is 4. The number of benzene rings is 2. The summed E-state index contributed by atoms with van der Waals surface area (Å²) in [6, 6.07) is 16.3. The summed E-state index contributed by atoms with van der Waals surface area (Å²) in [5, 5.41) is 5.70. The minimum Gasteiger partial charge on any atom is -0.481 e. The van der Waals surface area contributed by atoms with Crippen molar-refractivity contribution < 1.29 is 4.74 Å². The fourth-order valence-corrected chi connectivity index (χ4v) is 2.16. The Labute approximate surface area is 117 Å². The summed E-state index contributed by atoms with van der Waals surface area (Å²) in [5.74, 6) is 1.12. The number of nitrogens with one attached hydrogen (secondary N) is 1. The van der Waals surface area contributed by atoms with Crippen LogP contribution in [0.3, 0.4) is 0 Å². The highest BCUT2D eigenvalue weighted by molar-refractivity contribution is 5.85. The van der Waals surface area contributed by atoms with Crippen LogP contribution in [0.4, 0.5) is 5.95 Å². The van der Waals surface area contributed by atoms with Crippen LogP contribution in [0.25, 0.3) is 10.8 Å². The first-order chi connectivity index (χ1) is 9.86. The summed E-state index contributed by atoms with van der Waals surface area (Å²) in [7, 11) is 1.59. The van der Waals surface area contributed by atoms with Gasteiger partial charge in [0.15, 0.2) is 0 Å². The van der Waals surface area contributed by atoms with Crippen molar-refractivity contribution in [2.75, 3.05) is 12.4 Å². The number of methoxy groups -OCH3 is 1. The lowest BCUT2D eigenvalue weighted by atomic mass is 10.0. The molecular formula is C16H15N3O. The molecule has 0 amide bonds. The van der Waals surface area contributed by atoms with E-state index in [1.54, 1.807) is 19.4 Å². The van der Waals surface area contributed by atoms with Crippen LogP contribution in [0.15, 0.2) is 54.7 Å². The Bertz CT molecular complexity index is 722. The van der Waals surface area contributed by atoms with Gasteiger partial charge in [0.1, 0.15) is 0 Å². The molecule has 0 atom stereocenters. The molecule has 0 radical (unpaired) electrons. The molecule has 1 aromatic heterocycles. The average Bonchev–Trinajstić information content (AvgIpc) is 2.53. The first-order valence-electron chi connectivity index (χ1n) is 6.44. The third-order valence-corrected chi connectivity index (χ3v) is 3.16. The Morgan fingerprint density at radius 2 is 1.90 bits per heavy atom. The average molecular weight is 265 g/mol. The fourth-order valence-electron chi connectivity index (χ4n) is 2.16. The molecule has 0 saturated carbocycles. The minimum atomic E-state index is 0.556. The van der Waals surface area contributed by atoms with Crippen LogP contribution in [-0.4, -0.2) is 17.1 Å². The minimum absolute atomic E-state index is 0.556. The summed E-state index contributed by atoms with van der Waals surface area (Å²) in [4.78, 5) is 8.42. The molecule has 0 saturated heterocycles. The van der Waals surface area contributed by atoms with Crippen molar-refractivity contribution >= 4 is 16.7 Å². The number of nitrogens with zero attached hydrogens (tertiary/aromatic N) is 2. The zero-order valence-corrected chi connectivity index (χ0v) is 11.2. The molecule has 1 heterocycles. The van der Waals surface area contributed by atoms with E-state index in [9.17, 15) is 0 Å². The number of hydrogen-bond donors (Lipinski definition) is 1. The Hall–Kier alpha value is -2.62. The standard InChI is InChI=1S/C16H15N3O/c1-20-15-9-10-17-16(19-15)18-11-13-7-4-6-12-5-2-3-8-14(12)13/h2-10H,11H2,1H3,(H,17,18,19). The Morgan fingerprint density at radius 3 is 2.80 bits per heavy atom. The van der Waals surface area contributed by atoms with E-state index in [1.165, 1.54) is 16.3 Å². The molecule has 3 rings (SSSR count). The highest BCUT2D eigenvalue weighted by Gasteiger charge is 2.02. The number of hydrogen-bond acceptors (Lipinski definition) is 4. The molecule has 0 fully saturated rings. The summed E-state index contributed by atoms with van der Waals surface area (Å²) >= 11 is 0. The third-order valence-electron chi connectivity index (χ3n) is 3.16. The van der Waals surface area contributed by atoms with Crippen molar-refractivity contribution in [1.29, 1.82) is 0 Å². The summed E-state index contributed by atoms with van der Waals surface area (Å²) in [5.41, 5.74) is 1.22. The quantitative estimate of drug-likeness (QED) is 0.786. The fraction of sp³-hybridized carbons (Fsp3) is 0.125. The van der Waals surface area contributed by atoms with Gasteiger partial charge in [0.05, 0.1) is 7.11 Å². The lowest BCUT2D eigenvalue weighted by molar-refractivity contribution is 0.397. The van der Waals surface area contributed by atoms with E-state index < -0.39 is 0 Å². The molecule has 3 aromatic rings. The highest BCUT2D eigenvalue weighted by Crippen LogP contribution is 2.19. The van der Waals surface area contributed by atoms with Crippen LogP contribution in [0.2, 0.25) is 0 Å². The number of anilines is 1. The van der Waals surface area contributed by atoms with Gasteiger partial charge in [-0.25, -0.2) is 4.98 Å². The second-order valence-corrected chi connectivity index (χ2v) is 4.41. The van der Waals surface area contributed by atoms with Crippen LogP contribution < -0.4 is 10.1 Å². The largest absolute Gasteiger partial charge is 0.481 e. The number of fused-ring (bicyclic) bond motifs is 1. The molecule has 4 heteroatoms. The lowest BCUT2D eigenvalue weighted by Crippen LogP contribution is -2.04. The van der Waals surface area contributed by atoms with E-state index in [-0.39, 0.29) is 0 Å². The van der Waals surface area contributed by atoms with Gasteiger partial charge >= 0.3 is 0 Å². The number of ether oxygens (including phenoxy) is 1. The van der Waals surface area contributed by atoms with Gasteiger partial charge in [0, 0.05) is 18.8 Å². The van der Waals surface area contributed by atoms with E-state index >= 15 is 0 Å². The van der Waals surface area contributed by atoms with Gasteiger partial charge < -0.3 is 10.1 Å². The Kier molecular flexibility index (Phi) is 3.46. The van der Waals surface area contributed by atoms with Crippen molar-refractivity contribution in [3.8, 4) is 5.88 Å². The molecule has 4 nitrogen and oxygen atoms in total. The predicted octanol–water partition coefficient (Wildman–Crippen LogP) is 3.25. The number of aromatic nitrogens is 2. The summed E-state index contributed by atoms with van der Waals surface area (Å²) in [6.45, 7) is 0.675. The molecule has 0 bridgehead atoms. The van der Waals surface area contributed by atoms with Crippen molar-refractivity contribution in [2.45, 2.75) is 6.54 Å². The smallest absolute Gasteiger partial charge is 0.226 e. The van der Waals surface area contributed by atoms with E-state index in [2.05, 4.69) is 45.6 Å². The topological polar surface area (TPSA) is 47.0 Å². The Balaban J connectivity index is 1.83. The van der Waals surface area contributed by atoms with Gasteiger partial charge in [-0.05, 0) is 16.3 Å². The summed E-state index contributed by atoms with van der Waals surface area (Å²) in [6.07, 6.45) is 1.68. The van der Waals surface area contributed by atoms with E-state index in [0.29, 0.717) is 18.4 Å². The normalized spacial score (nSPS) is 10.4. The molecule has 0 aliphatic heterocycles. The predicted molar refractivity (Wildman–Crippen MR) is 79.9 cm³/mol. The van der Waals surface area contributed by atoms with Gasteiger partial charge in [-0.1, -0.05) is 42.5 Å². The second kappa shape index (κ2) is 5.57. The lowest BCUT2D eigenvalue weighted by Gasteiger charge is -2.08. The van der Waals surface area contributed by atoms with E-state index in [4.69, 9.17) is 4.74 Å². The van der Waals surface area contributed by atoms with Gasteiger partial charge in [-0.2, -0.15) is 4.98 Å². The van der Waals surface area contributed by atoms with Crippen molar-refractivity contribution in [3.63, 3.8) is 0 Å². The van der Waals surface area contributed by atoms with Crippen LogP contribution in [0, 0.1) is 0 Å². The van der Waals surface area contributed by atoms with Crippen LogP contribution in [0.5, 0.6) is 5.88 Å². The van der Waals surface area contributed by atoms with E-state index in [0.717, 1.165) is 0 Å². The van der Waals surface area contributed by atoms with Crippen molar-refractivity contribution in [3.05, 3.63) is 60.3 Å². The highest BCUT2D eigenvalue weighted by atomic mass is 16.5. The first kappa shape index (κ1) is 12.4. The molecule has 0 spiro atoms. The maximum absolute atomic E-state index is 5.09. The maximum Gasteiger partial charge on any atom is 0.226 e. The van der Waals surface area contributed by atoms with Crippen LogP contribution in [-0.2, 0) is 6.54 Å². The molecule has 0 aliphatic carbocycles. The second-order valence-electron chi connectivity index (χ2n) is 4.41. The Morgan fingerprint density at radius 1 is 1.05 bits per heavy atom. The molecule has 100 valence electrons. The molecule has 0 unspecified atom stereocenters. The van der Waals surface area contributed by atoms with Crippen molar-refractivity contribution in [2.24, 2.45) is 0 Å². The zero-order chi connectivity index (χ0) is 13.8. The molecule has 0 aliphatic rings. The summed E-state index contributed by atoms with van der Waals surface area (Å²) < 4.78 is 5.09.